The van der Waals surface area contributed by atoms with Gasteiger partial charge in [0, 0.05) is 19.1 Å². The van der Waals surface area contributed by atoms with Crippen LogP contribution in [0.3, 0.4) is 0 Å². The third-order valence-electron chi connectivity index (χ3n) is 3.94. The lowest BCUT2D eigenvalue weighted by Crippen LogP contribution is -2.37. The molecule has 0 aliphatic carbocycles. The molecular weight excluding hydrogens is 252 g/mol. The highest BCUT2D eigenvalue weighted by Crippen LogP contribution is 2.26. The normalized spacial score (nSPS) is 19.4. The second-order valence-electron chi connectivity index (χ2n) is 5.29. The van der Waals surface area contributed by atoms with E-state index < -0.39 is 0 Å². The van der Waals surface area contributed by atoms with E-state index in [1.165, 1.54) is 19.4 Å². The fraction of sp³-hybridized carbons (Fsp3) is 0.625. The van der Waals surface area contributed by atoms with Gasteiger partial charge in [-0.2, -0.15) is 0 Å². The van der Waals surface area contributed by atoms with Gasteiger partial charge in [-0.15, -0.1) is 0 Å². The van der Waals surface area contributed by atoms with Crippen LogP contribution in [0.1, 0.15) is 32.3 Å². The summed E-state index contributed by atoms with van der Waals surface area (Å²) in [5.74, 6) is 0.784. The summed E-state index contributed by atoms with van der Waals surface area (Å²) in [4.78, 5) is 2.54. The Hall–Kier alpha value is -1.26. The number of benzene rings is 1. The van der Waals surface area contributed by atoms with E-state index in [0.717, 1.165) is 25.2 Å². The maximum absolute atomic E-state index is 9.68. The van der Waals surface area contributed by atoms with Crippen LogP contribution in [-0.4, -0.2) is 42.3 Å². The fourth-order valence-electron chi connectivity index (χ4n) is 2.87. The smallest absolute Gasteiger partial charge is 0.161 e. The van der Waals surface area contributed by atoms with Gasteiger partial charge in [-0.05, 0) is 50.6 Å². The van der Waals surface area contributed by atoms with Gasteiger partial charge in [0.05, 0.1) is 6.61 Å². The van der Waals surface area contributed by atoms with Crippen LogP contribution in [0.15, 0.2) is 18.2 Å². The highest BCUT2D eigenvalue weighted by Gasteiger charge is 2.22. The van der Waals surface area contributed by atoms with E-state index in [-0.39, 0.29) is 5.75 Å². The minimum atomic E-state index is 0.212. The number of nitrogens with zero attached hydrogens (tertiary/aromatic N) is 1. The number of phenolic OH excluding ortho intramolecular Hbond substituents is 1. The van der Waals surface area contributed by atoms with Crippen LogP contribution in [0.25, 0.3) is 0 Å². The van der Waals surface area contributed by atoms with Crippen molar-refractivity contribution in [1.29, 1.82) is 0 Å². The van der Waals surface area contributed by atoms with E-state index >= 15 is 0 Å². The fourth-order valence-corrected chi connectivity index (χ4v) is 2.87. The third-order valence-corrected chi connectivity index (χ3v) is 3.94. The second-order valence-corrected chi connectivity index (χ2v) is 5.29. The summed E-state index contributed by atoms with van der Waals surface area (Å²) in [7, 11) is 0. The molecule has 1 aliphatic rings. The zero-order chi connectivity index (χ0) is 14.4. The molecule has 1 aromatic rings. The van der Waals surface area contributed by atoms with E-state index in [9.17, 15) is 5.11 Å². The number of aromatic hydroxyl groups is 1. The van der Waals surface area contributed by atoms with Crippen LogP contribution >= 0.6 is 0 Å². The Bertz CT molecular complexity index is 423. The van der Waals surface area contributed by atoms with E-state index in [1.54, 1.807) is 6.07 Å². The van der Waals surface area contributed by atoms with Gasteiger partial charge in [-0.3, -0.25) is 4.90 Å². The first-order valence-electron chi connectivity index (χ1n) is 7.64. The molecule has 4 heteroatoms. The first-order chi connectivity index (χ1) is 9.74. The third kappa shape index (κ3) is 3.87. The van der Waals surface area contributed by atoms with Gasteiger partial charge in [0.1, 0.15) is 0 Å². The molecule has 20 heavy (non-hydrogen) atoms. The van der Waals surface area contributed by atoms with Crippen LogP contribution < -0.4 is 10.1 Å². The molecule has 0 spiro atoms. The number of hydrogen-bond donors (Lipinski definition) is 2. The molecular formula is C16H26N2O2. The number of phenols is 1. The van der Waals surface area contributed by atoms with Crippen molar-refractivity contribution < 1.29 is 9.84 Å². The average molecular weight is 278 g/mol. The van der Waals surface area contributed by atoms with Gasteiger partial charge in [0.15, 0.2) is 11.5 Å². The molecule has 0 saturated carbocycles. The van der Waals surface area contributed by atoms with Crippen LogP contribution in [0.4, 0.5) is 0 Å². The monoisotopic (exact) mass is 278 g/mol. The number of nitrogens with one attached hydrogen (secondary N) is 1. The van der Waals surface area contributed by atoms with E-state index in [1.807, 2.05) is 19.1 Å². The van der Waals surface area contributed by atoms with Crippen molar-refractivity contribution >= 4 is 0 Å². The largest absolute Gasteiger partial charge is 0.504 e. The zero-order valence-corrected chi connectivity index (χ0v) is 12.6. The van der Waals surface area contributed by atoms with Crippen LogP contribution in [0, 0.1) is 0 Å². The molecule has 0 radical (unpaired) electrons. The SMILES string of the molecule is CCOc1cc(CNCC2CCCN2CC)ccc1O. The maximum Gasteiger partial charge on any atom is 0.161 e. The molecule has 0 aromatic heterocycles. The number of hydrogen-bond acceptors (Lipinski definition) is 4. The lowest BCUT2D eigenvalue weighted by Gasteiger charge is -2.23. The summed E-state index contributed by atoms with van der Waals surface area (Å²) in [5.41, 5.74) is 1.15. The molecule has 1 fully saturated rings. The molecule has 1 unspecified atom stereocenters. The Morgan fingerprint density at radius 1 is 1.40 bits per heavy atom. The molecule has 2 N–H and O–H groups in total. The van der Waals surface area contributed by atoms with Gasteiger partial charge < -0.3 is 15.2 Å². The summed E-state index contributed by atoms with van der Waals surface area (Å²) in [6.07, 6.45) is 2.61. The molecule has 1 heterocycles. The van der Waals surface area contributed by atoms with Crippen molar-refractivity contribution in [3.63, 3.8) is 0 Å². The minimum Gasteiger partial charge on any atom is -0.504 e. The number of likely N-dealkylation sites (tertiary alicyclic amines) is 1. The molecule has 1 aliphatic heterocycles. The summed E-state index contributed by atoms with van der Waals surface area (Å²) < 4.78 is 5.41. The van der Waals surface area contributed by atoms with E-state index in [2.05, 4.69) is 17.1 Å². The Kier molecular flexibility index (Phi) is 5.68. The number of likely N-dealkylation sites (N-methyl/N-ethyl adjacent to an activating group) is 1. The summed E-state index contributed by atoms with van der Waals surface area (Å²) in [6, 6.07) is 6.23. The van der Waals surface area contributed by atoms with Gasteiger partial charge in [0.25, 0.3) is 0 Å². The second kappa shape index (κ2) is 7.50. The Morgan fingerprint density at radius 2 is 2.25 bits per heavy atom. The summed E-state index contributed by atoms with van der Waals surface area (Å²) in [6.45, 7) is 8.93. The molecule has 4 nitrogen and oxygen atoms in total. The number of rotatable bonds is 7. The van der Waals surface area contributed by atoms with Crippen LogP contribution in [0.5, 0.6) is 11.5 Å². The Labute approximate surface area is 121 Å². The molecule has 1 saturated heterocycles. The maximum atomic E-state index is 9.68. The van der Waals surface area contributed by atoms with Crippen molar-refractivity contribution in [3.05, 3.63) is 23.8 Å². The topological polar surface area (TPSA) is 44.7 Å². The van der Waals surface area contributed by atoms with Crippen molar-refractivity contribution in [2.24, 2.45) is 0 Å². The van der Waals surface area contributed by atoms with Gasteiger partial charge in [0.2, 0.25) is 0 Å². The van der Waals surface area contributed by atoms with Crippen molar-refractivity contribution in [2.75, 3.05) is 26.2 Å². The van der Waals surface area contributed by atoms with Crippen molar-refractivity contribution in [1.82, 2.24) is 10.2 Å². The molecule has 2 rings (SSSR count). The van der Waals surface area contributed by atoms with Gasteiger partial charge in [-0.25, -0.2) is 0 Å². The van der Waals surface area contributed by atoms with Gasteiger partial charge >= 0.3 is 0 Å². The lowest BCUT2D eigenvalue weighted by molar-refractivity contribution is 0.260. The molecule has 112 valence electrons. The van der Waals surface area contributed by atoms with Gasteiger partial charge in [-0.1, -0.05) is 13.0 Å². The molecule has 1 atom stereocenters. The first kappa shape index (κ1) is 15.1. The van der Waals surface area contributed by atoms with Crippen molar-refractivity contribution in [2.45, 2.75) is 39.3 Å². The Balaban J connectivity index is 1.83. The predicted molar refractivity (Wildman–Crippen MR) is 81.3 cm³/mol. The lowest BCUT2D eigenvalue weighted by atomic mass is 10.2. The van der Waals surface area contributed by atoms with E-state index in [0.29, 0.717) is 18.4 Å². The zero-order valence-electron chi connectivity index (χ0n) is 12.6. The first-order valence-corrected chi connectivity index (χ1v) is 7.64. The van der Waals surface area contributed by atoms with Crippen molar-refractivity contribution in [3.8, 4) is 11.5 Å². The predicted octanol–water partition coefficient (Wildman–Crippen LogP) is 2.36. The van der Waals surface area contributed by atoms with Crippen LogP contribution in [0.2, 0.25) is 0 Å². The standard InChI is InChI=1S/C16H26N2O2/c1-3-18-9-5-6-14(18)12-17-11-13-7-8-15(19)16(10-13)20-4-2/h7-8,10,14,17,19H,3-6,9,11-12H2,1-2H3. The Morgan fingerprint density at radius 3 is 3.00 bits per heavy atom. The molecule has 0 amide bonds. The molecule has 1 aromatic carbocycles. The minimum absolute atomic E-state index is 0.212. The average Bonchev–Trinajstić information content (AvgIpc) is 2.90. The summed E-state index contributed by atoms with van der Waals surface area (Å²) >= 11 is 0. The quantitative estimate of drug-likeness (QED) is 0.804. The highest BCUT2D eigenvalue weighted by atomic mass is 16.5. The number of ether oxygens (including phenoxy) is 1. The van der Waals surface area contributed by atoms with E-state index in [4.69, 9.17) is 4.74 Å². The highest BCUT2D eigenvalue weighted by molar-refractivity contribution is 5.41. The molecule has 0 bridgehead atoms. The summed E-state index contributed by atoms with van der Waals surface area (Å²) in [5, 5.41) is 13.2. The van der Waals surface area contributed by atoms with Crippen LogP contribution in [-0.2, 0) is 6.54 Å².